The second-order valence-electron chi connectivity index (χ2n) is 6.51. The maximum atomic E-state index is 13.2. The minimum atomic E-state index is -4.54. The van der Waals surface area contributed by atoms with Gasteiger partial charge in [0.05, 0.1) is 40.4 Å². The second-order valence-corrected chi connectivity index (χ2v) is 6.51. The number of ether oxygens (including phenoxy) is 3. The van der Waals surface area contributed by atoms with Crippen molar-refractivity contribution in [1.82, 2.24) is 15.1 Å². The van der Waals surface area contributed by atoms with Crippen LogP contribution >= 0.6 is 0 Å². The zero-order valence-electron chi connectivity index (χ0n) is 16.1. The van der Waals surface area contributed by atoms with Crippen LogP contribution in [0.5, 0.6) is 11.5 Å². The molecule has 0 bridgehead atoms. The quantitative estimate of drug-likeness (QED) is 0.754. The number of nitrogens with one attached hydrogen (secondary N) is 1. The van der Waals surface area contributed by atoms with Gasteiger partial charge in [-0.1, -0.05) is 6.07 Å². The van der Waals surface area contributed by atoms with Crippen LogP contribution in [0, 0.1) is 0 Å². The van der Waals surface area contributed by atoms with Gasteiger partial charge in [0.1, 0.15) is 0 Å². The number of hydrogen-bond donors (Lipinski definition) is 1. The predicted octanol–water partition coefficient (Wildman–Crippen LogP) is 2.35. The first-order chi connectivity index (χ1) is 13.8. The summed E-state index contributed by atoms with van der Waals surface area (Å²) < 4.78 is 56.4. The Hall–Kier alpha value is -2.75. The Labute approximate surface area is 165 Å². The van der Waals surface area contributed by atoms with E-state index in [2.05, 4.69) is 10.4 Å². The first-order valence-electron chi connectivity index (χ1n) is 9.04. The first kappa shape index (κ1) is 21.0. The number of halogens is 3. The summed E-state index contributed by atoms with van der Waals surface area (Å²) in [7, 11) is 3.03. The summed E-state index contributed by atoms with van der Waals surface area (Å²) in [6, 6.07) is 5.16. The highest BCUT2D eigenvalue weighted by molar-refractivity contribution is 5.78. The van der Waals surface area contributed by atoms with Gasteiger partial charge in [0.25, 0.3) is 0 Å². The molecule has 1 N–H and O–H groups in total. The van der Waals surface area contributed by atoms with Gasteiger partial charge < -0.3 is 19.5 Å². The molecular weight excluding hydrogens is 391 g/mol. The second kappa shape index (κ2) is 8.73. The molecule has 0 saturated heterocycles. The number of rotatable bonds is 7. The lowest BCUT2D eigenvalue weighted by Gasteiger charge is -2.15. The Bertz CT molecular complexity index is 880. The van der Waals surface area contributed by atoms with Crippen LogP contribution in [0.1, 0.15) is 22.5 Å². The van der Waals surface area contributed by atoms with Crippen molar-refractivity contribution in [3.8, 4) is 11.5 Å². The van der Waals surface area contributed by atoms with Crippen LogP contribution in [0.2, 0.25) is 0 Å². The van der Waals surface area contributed by atoms with E-state index in [-0.39, 0.29) is 37.6 Å². The van der Waals surface area contributed by atoms with Crippen LogP contribution in [0.4, 0.5) is 13.2 Å². The van der Waals surface area contributed by atoms with Crippen molar-refractivity contribution in [2.24, 2.45) is 0 Å². The Morgan fingerprint density at radius 2 is 2.03 bits per heavy atom. The molecule has 1 aliphatic rings. The van der Waals surface area contributed by atoms with E-state index >= 15 is 0 Å². The average molecular weight is 413 g/mol. The number of hydrogen-bond acceptors (Lipinski definition) is 5. The van der Waals surface area contributed by atoms with E-state index in [4.69, 9.17) is 14.2 Å². The molecule has 1 aliphatic heterocycles. The number of aromatic nitrogens is 2. The highest BCUT2D eigenvalue weighted by atomic mass is 19.4. The largest absolute Gasteiger partial charge is 0.493 e. The minimum Gasteiger partial charge on any atom is -0.493 e. The van der Waals surface area contributed by atoms with Crippen LogP contribution in [-0.2, 0) is 41.7 Å². The highest BCUT2D eigenvalue weighted by Gasteiger charge is 2.39. The predicted molar refractivity (Wildman–Crippen MR) is 96.8 cm³/mol. The van der Waals surface area contributed by atoms with E-state index in [0.29, 0.717) is 30.2 Å². The Morgan fingerprint density at radius 1 is 1.28 bits per heavy atom. The topological polar surface area (TPSA) is 74.6 Å². The van der Waals surface area contributed by atoms with Gasteiger partial charge in [0.2, 0.25) is 5.91 Å². The third-order valence-corrected chi connectivity index (χ3v) is 4.62. The normalized spacial score (nSPS) is 13.7. The summed E-state index contributed by atoms with van der Waals surface area (Å²) in [5, 5.41) is 6.43. The fourth-order valence-electron chi connectivity index (χ4n) is 3.26. The number of benzene rings is 1. The number of carbonyl (C=O) groups is 1. The van der Waals surface area contributed by atoms with Crippen molar-refractivity contribution in [2.45, 2.75) is 32.2 Å². The van der Waals surface area contributed by atoms with Crippen molar-refractivity contribution in [3.05, 3.63) is 40.7 Å². The Balaban J connectivity index is 1.60. The Morgan fingerprint density at radius 3 is 2.72 bits per heavy atom. The van der Waals surface area contributed by atoms with E-state index in [9.17, 15) is 18.0 Å². The zero-order valence-corrected chi connectivity index (χ0v) is 16.1. The minimum absolute atomic E-state index is 0.0837. The summed E-state index contributed by atoms with van der Waals surface area (Å²) in [5.74, 6) is 0.824. The van der Waals surface area contributed by atoms with Gasteiger partial charge in [-0.2, -0.15) is 18.3 Å². The fourth-order valence-corrected chi connectivity index (χ4v) is 3.26. The van der Waals surface area contributed by atoms with E-state index in [1.54, 1.807) is 18.2 Å². The van der Waals surface area contributed by atoms with Crippen LogP contribution in [0.25, 0.3) is 0 Å². The van der Waals surface area contributed by atoms with Gasteiger partial charge in [0, 0.05) is 24.2 Å². The van der Waals surface area contributed by atoms with Gasteiger partial charge in [-0.3, -0.25) is 9.48 Å². The summed E-state index contributed by atoms with van der Waals surface area (Å²) >= 11 is 0. The van der Waals surface area contributed by atoms with E-state index in [1.807, 2.05) is 0 Å². The van der Waals surface area contributed by atoms with Crippen LogP contribution in [0.15, 0.2) is 18.2 Å². The number of carbonyl (C=O) groups excluding carboxylic acids is 1. The van der Waals surface area contributed by atoms with E-state index < -0.39 is 11.9 Å². The van der Waals surface area contributed by atoms with Crippen molar-refractivity contribution < 1.29 is 32.2 Å². The molecule has 1 amide bonds. The van der Waals surface area contributed by atoms with Crippen molar-refractivity contribution in [1.29, 1.82) is 0 Å². The molecule has 7 nitrogen and oxygen atoms in total. The molecule has 1 aromatic carbocycles. The van der Waals surface area contributed by atoms with Gasteiger partial charge in [-0.15, -0.1) is 0 Å². The maximum absolute atomic E-state index is 13.2. The summed E-state index contributed by atoms with van der Waals surface area (Å²) in [6.45, 7) is 0.561. The molecule has 0 aliphatic carbocycles. The summed E-state index contributed by atoms with van der Waals surface area (Å²) in [4.78, 5) is 12.2. The van der Waals surface area contributed by atoms with Crippen molar-refractivity contribution in [3.63, 3.8) is 0 Å². The van der Waals surface area contributed by atoms with E-state index in [1.165, 1.54) is 18.9 Å². The van der Waals surface area contributed by atoms with E-state index in [0.717, 1.165) is 5.56 Å². The van der Waals surface area contributed by atoms with Crippen LogP contribution in [-0.4, -0.2) is 43.1 Å². The molecule has 158 valence electrons. The zero-order chi connectivity index (χ0) is 21.0. The molecule has 0 fully saturated rings. The van der Waals surface area contributed by atoms with Gasteiger partial charge >= 0.3 is 6.18 Å². The van der Waals surface area contributed by atoms with Crippen LogP contribution < -0.4 is 14.8 Å². The average Bonchev–Trinajstić information content (AvgIpc) is 3.07. The number of alkyl halides is 3. The third kappa shape index (κ3) is 4.81. The standard InChI is InChI=1S/C19H22F3N3O4/c1-27-15-4-3-12(9-16(15)28-2)10-17(26)23-6-7-25-14-5-8-29-11-13(14)18(24-25)19(20,21)22/h3-4,9H,5-8,10-11H2,1-2H3,(H,23,26). The number of amides is 1. The number of nitrogens with zero attached hydrogens (tertiary/aromatic N) is 2. The molecule has 29 heavy (non-hydrogen) atoms. The van der Waals surface area contributed by atoms with Crippen molar-refractivity contribution >= 4 is 5.91 Å². The van der Waals surface area contributed by atoms with Crippen molar-refractivity contribution in [2.75, 3.05) is 27.4 Å². The summed E-state index contributed by atoms with van der Waals surface area (Å²) in [5.41, 5.74) is 0.412. The van der Waals surface area contributed by atoms with Gasteiger partial charge in [-0.25, -0.2) is 0 Å². The molecule has 1 aromatic heterocycles. The van der Waals surface area contributed by atoms with Crippen LogP contribution in [0.3, 0.4) is 0 Å². The number of fused-ring (bicyclic) bond motifs is 1. The smallest absolute Gasteiger partial charge is 0.435 e. The summed E-state index contributed by atoms with van der Waals surface area (Å²) in [6.07, 6.45) is -4.07. The lowest BCUT2D eigenvalue weighted by Crippen LogP contribution is -2.29. The SMILES string of the molecule is COc1ccc(CC(=O)NCCn2nc(C(F)(F)F)c3c2CCOC3)cc1OC. The molecule has 0 saturated carbocycles. The molecule has 3 rings (SSSR count). The molecule has 2 heterocycles. The molecule has 0 unspecified atom stereocenters. The van der Waals surface area contributed by atoms with Gasteiger partial charge in [-0.05, 0) is 17.7 Å². The monoisotopic (exact) mass is 413 g/mol. The molecule has 0 spiro atoms. The fraction of sp³-hybridized carbons (Fsp3) is 0.474. The lowest BCUT2D eigenvalue weighted by molar-refractivity contribution is -0.142. The molecular formula is C19H22F3N3O4. The first-order valence-corrected chi connectivity index (χ1v) is 9.04. The molecule has 0 radical (unpaired) electrons. The van der Waals surface area contributed by atoms with Gasteiger partial charge in [0.15, 0.2) is 17.2 Å². The highest BCUT2D eigenvalue weighted by Crippen LogP contribution is 2.34. The Kier molecular flexibility index (Phi) is 6.31. The molecule has 10 heteroatoms. The molecule has 2 aromatic rings. The number of methoxy groups -OCH3 is 2. The maximum Gasteiger partial charge on any atom is 0.435 e. The lowest BCUT2D eigenvalue weighted by atomic mass is 10.1. The third-order valence-electron chi connectivity index (χ3n) is 4.62. The molecule has 0 atom stereocenters.